The van der Waals surface area contributed by atoms with Crippen LogP contribution in [0.5, 0.6) is 0 Å². The van der Waals surface area contributed by atoms with Crippen molar-refractivity contribution in [2.45, 2.75) is 51.2 Å². The monoisotopic (exact) mass is 272 g/mol. The van der Waals surface area contributed by atoms with Gasteiger partial charge in [-0.05, 0) is 33.6 Å². The van der Waals surface area contributed by atoms with Gasteiger partial charge in [-0.3, -0.25) is 15.0 Å². The predicted molar refractivity (Wildman–Crippen MR) is 75.2 cm³/mol. The maximum atomic E-state index is 12.1. The van der Waals surface area contributed by atoms with E-state index in [4.69, 9.17) is 9.47 Å². The Bertz CT molecular complexity index is 292. The van der Waals surface area contributed by atoms with E-state index in [-0.39, 0.29) is 12.0 Å². The van der Waals surface area contributed by atoms with E-state index in [1.165, 1.54) is 20.0 Å². The van der Waals surface area contributed by atoms with Gasteiger partial charge in [0.2, 0.25) is 0 Å². The van der Waals surface area contributed by atoms with Crippen molar-refractivity contribution >= 4 is 5.97 Å². The summed E-state index contributed by atoms with van der Waals surface area (Å²) in [6, 6.07) is 0.820. The van der Waals surface area contributed by atoms with Gasteiger partial charge >= 0.3 is 5.97 Å². The number of carbonyl (C=O) groups excluding carboxylic acids is 1. The maximum Gasteiger partial charge on any atom is 0.327 e. The van der Waals surface area contributed by atoms with E-state index < -0.39 is 5.54 Å². The minimum atomic E-state index is -0.667. The van der Waals surface area contributed by atoms with Crippen molar-refractivity contribution in [3.05, 3.63) is 0 Å². The summed E-state index contributed by atoms with van der Waals surface area (Å²) in [4.78, 5) is 14.4. The first kappa shape index (κ1) is 16.4. The van der Waals surface area contributed by atoms with Crippen LogP contribution in [0.4, 0.5) is 0 Å². The van der Waals surface area contributed by atoms with Crippen molar-refractivity contribution in [1.29, 1.82) is 0 Å². The summed E-state index contributed by atoms with van der Waals surface area (Å²) >= 11 is 0. The van der Waals surface area contributed by atoms with E-state index in [0.717, 1.165) is 6.54 Å². The molecule has 0 amide bonds. The van der Waals surface area contributed by atoms with E-state index in [0.29, 0.717) is 19.2 Å². The standard InChI is InChI=1S/C14H28N2O3/c1-11(2)15-14(3,13(17)19-5)10-16(8-9-18-4)12-6-7-12/h11-12,15H,6-10H2,1-5H3. The third-order valence-electron chi connectivity index (χ3n) is 3.41. The summed E-state index contributed by atoms with van der Waals surface area (Å²) in [7, 11) is 3.15. The lowest BCUT2D eigenvalue weighted by Crippen LogP contribution is -2.60. The van der Waals surface area contributed by atoms with E-state index >= 15 is 0 Å². The zero-order chi connectivity index (χ0) is 14.5. The molecule has 0 aromatic heterocycles. The van der Waals surface area contributed by atoms with E-state index in [2.05, 4.69) is 10.2 Å². The summed E-state index contributed by atoms with van der Waals surface area (Å²) in [6.07, 6.45) is 2.42. The smallest absolute Gasteiger partial charge is 0.327 e. The first-order chi connectivity index (χ1) is 8.92. The molecule has 1 aliphatic carbocycles. The molecule has 5 heteroatoms. The molecule has 0 bridgehead atoms. The van der Waals surface area contributed by atoms with Crippen LogP contribution in [0.25, 0.3) is 0 Å². The largest absolute Gasteiger partial charge is 0.468 e. The summed E-state index contributed by atoms with van der Waals surface area (Å²) in [5, 5.41) is 3.34. The van der Waals surface area contributed by atoms with Crippen LogP contribution in [0.1, 0.15) is 33.6 Å². The first-order valence-corrected chi connectivity index (χ1v) is 7.02. The fourth-order valence-electron chi connectivity index (χ4n) is 2.48. The molecule has 1 unspecified atom stereocenters. The molecular formula is C14H28N2O3. The van der Waals surface area contributed by atoms with Crippen LogP contribution in [0.3, 0.4) is 0 Å². The van der Waals surface area contributed by atoms with Crippen LogP contribution >= 0.6 is 0 Å². The topological polar surface area (TPSA) is 50.8 Å². The summed E-state index contributed by atoms with van der Waals surface area (Å²) in [6.45, 7) is 8.20. The number of hydrogen-bond acceptors (Lipinski definition) is 5. The molecule has 1 aliphatic rings. The van der Waals surface area contributed by atoms with Crippen LogP contribution in [-0.2, 0) is 14.3 Å². The Balaban J connectivity index is 2.70. The minimum Gasteiger partial charge on any atom is -0.468 e. The Morgan fingerprint density at radius 2 is 2.05 bits per heavy atom. The highest BCUT2D eigenvalue weighted by atomic mass is 16.5. The Labute approximate surface area is 116 Å². The Morgan fingerprint density at radius 3 is 2.47 bits per heavy atom. The van der Waals surface area contributed by atoms with Gasteiger partial charge < -0.3 is 9.47 Å². The zero-order valence-corrected chi connectivity index (χ0v) is 12.9. The quantitative estimate of drug-likeness (QED) is 0.635. The number of rotatable bonds is 9. The molecule has 0 heterocycles. The third-order valence-corrected chi connectivity index (χ3v) is 3.41. The van der Waals surface area contributed by atoms with Gasteiger partial charge in [-0.1, -0.05) is 0 Å². The second-order valence-corrected chi connectivity index (χ2v) is 5.82. The average molecular weight is 272 g/mol. The molecule has 0 saturated heterocycles. The molecule has 19 heavy (non-hydrogen) atoms. The van der Waals surface area contributed by atoms with Crippen LogP contribution < -0.4 is 5.32 Å². The van der Waals surface area contributed by atoms with Gasteiger partial charge in [0, 0.05) is 32.3 Å². The van der Waals surface area contributed by atoms with Gasteiger partial charge in [0.1, 0.15) is 5.54 Å². The predicted octanol–water partition coefficient (Wildman–Crippen LogP) is 1.03. The van der Waals surface area contributed by atoms with Crippen LogP contribution in [0, 0.1) is 0 Å². The number of nitrogens with one attached hydrogen (secondary N) is 1. The fraction of sp³-hybridized carbons (Fsp3) is 0.929. The van der Waals surface area contributed by atoms with Gasteiger partial charge in [-0.25, -0.2) is 0 Å². The maximum absolute atomic E-state index is 12.1. The molecule has 1 rings (SSSR count). The van der Waals surface area contributed by atoms with Crippen LogP contribution in [0.2, 0.25) is 0 Å². The van der Waals surface area contributed by atoms with Crippen molar-refractivity contribution in [3.8, 4) is 0 Å². The number of nitrogens with zero attached hydrogens (tertiary/aromatic N) is 1. The fourth-order valence-corrected chi connectivity index (χ4v) is 2.48. The Kier molecular flexibility index (Phi) is 6.23. The molecule has 0 aliphatic heterocycles. The van der Waals surface area contributed by atoms with Gasteiger partial charge in [0.05, 0.1) is 13.7 Å². The average Bonchev–Trinajstić information content (AvgIpc) is 3.16. The molecule has 5 nitrogen and oxygen atoms in total. The summed E-state index contributed by atoms with van der Waals surface area (Å²) in [5.41, 5.74) is -0.667. The van der Waals surface area contributed by atoms with Gasteiger partial charge in [0.15, 0.2) is 0 Å². The molecule has 1 N–H and O–H groups in total. The van der Waals surface area contributed by atoms with Crippen molar-refractivity contribution in [2.75, 3.05) is 33.9 Å². The van der Waals surface area contributed by atoms with Crippen LogP contribution in [-0.4, -0.2) is 62.4 Å². The number of methoxy groups -OCH3 is 2. The van der Waals surface area contributed by atoms with Gasteiger partial charge in [0.25, 0.3) is 0 Å². The first-order valence-electron chi connectivity index (χ1n) is 7.02. The highest BCUT2D eigenvalue weighted by Crippen LogP contribution is 2.28. The van der Waals surface area contributed by atoms with Gasteiger partial charge in [-0.15, -0.1) is 0 Å². The highest BCUT2D eigenvalue weighted by Gasteiger charge is 2.40. The van der Waals surface area contributed by atoms with Crippen LogP contribution in [0.15, 0.2) is 0 Å². The summed E-state index contributed by atoms with van der Waals surface area (Å²) < 4.78 is 10.1. The second kappa shape index (κ2) is 7.22. The minimum absolute atomic E-state index is 0.204. The molecule has 0 aromatic rings. The lowest BCUT2D eigenvalue weighted by atomic mass is 10.00. The molecule has 0 spiro atoms. The Hall–Kier alpha value is -0.650. The van der Waals surface area contributed by atoms with Crippen molar-refractivity contribution in [1.82, 2.24) is 10.2 Å². The lowest BCUT2D eigenvalue weighted by Gasteiger charge is -2.35. The Morgan fingerprint density at radius 1 is 1.42 bits per heavy atom. The summed E-state index contributed by atoms with van der Waals surface area (Å²) in [5.74, 6) is -0.204. The molecule has 0 radical (unpaired) electrons. The van der Waals surface area contributed by atoms with Crippen molar-refractivity contribution in [2.24, 2.45) is 0 Å². The lowest BCUT2D eigenvalue weighted by molar-refractivity contribution is -0.149. The van der Waals surface area contributed by atoms with E-state index in [1.807, 2.05) is 20.8 Å². The third kappa shape index (κ3) is 5.09. The SMILES string of the molecule is COCCN(CC(C)(NC(C)C)C(=O)OC)C1CC1. The molecule has 0 aromatic carbocycles. The molecule has 1 saturated carbocycles. The molecule has 1 fully saturated rings. The molecular weight excluding hydrogens is 244 g/mol. The zero-order valence-electron chi connectivity index (χ0n) is 12.9. The number of esters is 1. The van der Waals surface area contributed by atoms with E-state index in [9.17, 15) is 4.79 Å². The van der Waals surface area contributed by atoms with Crippen molar-refractivity contribution < 1.29 is 14.3 Å². The molecule has 112 valence electrons. The highest BCUT2D eigenvalue weighted by molar-refractivity contribution is 5.80. The van der Waals surface area contributed by atoms with E-state index in [1.54, 1.807) is 7.11 Å². The van der Waals surface area contributed by atoms with Crippen molar-refractivity contribution in [3.63, 3.8) is 0 Å². The van der Waals surface area contributed by atoms with Gasteiger partial charge in [-0.2, -0.15) is 0 Å². The number of ether oxygens (including phenoxy) is 2. The normalized spacial score (nSPS) is 18.7. The second-order valence-electron chi connectivity index (χ2n) is 5.82. The number of hydrogen-bond donors (Lipinski definition) is 1. The molecule has 1 atom stereocenters. The number of carbonyl (C=O) groups is 1.